The van der Waals surface area contributed by atoms with E-state index in [1.165, 1.54) is 5.56 Å². The van der Waals surface area contributed by atoms with E-state index < -0.39 is 11.5 Å². The molecule has 1 aliphatic heterocycles. The van der Waals surface area contributed by atoms with Gasteiger partial charge in [0.05, 0.1) is 12.2 Å². The second kappa shape index (κ2) is 5.19. The third kappa shape index (κ3) is 2.07. The molecule has 0 spiro atoms. The first-order chi connectivity index (χ1) is 9.28. The van der Waals surface area contributed by atoms with Crippen molar-refractivity contribution in [2.75, 3.05) is 11.5 Å². The Labute approximate surface area is 118 Å². The highest BCUT2D eigenvalue weighted by atomic mass is 32.2. The summed E-state index contributed by atoms with van der Waals surface area (Å²) in [7, 11) is 0. The lowest BCUT2D eigenvalue weighted by Gasteiger charge is -2.39. The van der Waals surface area contributed by atoms with Crippen LogP contribution in [0.4, 0.5) is 0 Å². The summed E-state index contributed by atoms with van der Waals surface area (Å²) in [5.74, 6) is 2.38. The number of fused-ring (bicyclic) bond motifs is 1. The quantitative estimate of drug-likeness (QED) is 0.901. The number of aliphatic hydroxyl groups is 1. The maximum absolute atomic E-state index is 10.8. The van der Waals surface area contributed by atoms with E-state index in [1.807, 2.05) is 30.0 Å². The zero-order valence-electron chi connectivity index (χ0n) is 11.0. The lowest BCUT2D eigenvalue weighted by molar-refractivity contribution is 0.0537. The van der Waals surface area contributed by atoms with Gasteiger partial charge in [-0.1, -0.05) is 24.3 Å². The fourth-order valence-electron chi connectivity index (χ4n) is 3.56. The number of hydrogen-bond donors (Lipinski definition) is 1. The van der Waals surface area contributed by atoms with E-state index in [0.717, 1.165) is 42.8 Å². The Kier molecular flexibility index (Phi) is 3.56. The van der Waals surface area contributed by atoms with Gasteiger partial charge in [0.15, 0.2) is 0 Å². The largest absolute Gasteiger partial charge is 0.391 e. The molecule has 1 aliphatic carbocycles. The van der Waals surface area contributed by atoms with Gasteiger partial charge < -0.3 is 5.11 Å². The molecule has 0 bridgehead atoms. The highest BCUT2D eigenvalue weighted by molar-refractivity contribution is 7.99. The molecule has 2 aliphatic rings. The number of thioether (sulfide) groups is 1. The number of benzene rings is 1. The van der Waals surface area contributed by atoms with Crippen molar-refractivity contribution in [1.82, 2.24) is 0 Å². The summed E-state index contributed by atoms with van der Waals surface area (Å²) in [6.07, 6.45) is 3.35. The lowest BCUT2D eigenvalue weighted by atomic mass is 9.65. The summed E-state index contributed by atoms with van der Waals surface area (Å²) in [5, 5.41) is 20.6. The molecule has 1 aromatic carbocycles. The third-order valence-corrected chi connectivity index (χ3v) is 5.82. The Hall–Kier alpha value is -0.980. The minimum Gasteiger partial charge on any atom is -0.391 e. The van der Waals surface area contributed by atoms with E-state index >= 15 is 0 Å². The van der Waals surface area contributed by atoms with Crippen LogP contribution in [0.5, 0.6) is 0 Å². The van der Waals surface area contributed by atoms with Crippen molar-refractivity contribution in [1.29, 1.82) is 5.26 Å². The average Bonchev–Trinajstić information content (AvgIpc) is 3.00. The molecule has 1 heterocycles. The molecule has 0 saturated carbocycles. The maximum atomic E-state index is 10.8. The highest BCUT2D eigenvalue weighted by Crippen LogP contribution is 2.44. The topological polar surface area (TPSA) is 44.0 Å². The van der Waals surface area contributed by atoms with E-state index in [4.69, 9.17) is 0 Å². The van der Waals surface area contributed by atoms with Gasteiger partial charge in [0.1, 0.15) is 5.41 Å². The van der Waals surface area contributed by atoms with Crippen LogP contribution in [0.2, 0.25) is 0 Å². The van der Waals surface area contributed by atoms with Crippen LogP contribution in [-0.4, -0.2) is 22.7 Å². The van der Waals surface area contributed by atoms with Crippen LogP contribution < -0.4 is 0 Å². The number of hydrogen-bond acceptors (Lipinski definition) is 3. The first-order valence-corrected chi connectivity index (χ1v) is 8.19. The van der Waals surface area contributed by atoms with Gasteiger partial charge >= 0.3 is 0 Å². The van der Waals surface area contributed by atoms with E-state index in [9.17, 15) is 10.4 Å². The van der Waals surface area contributed by atoms with Gasteiger partial charge in [-0.15, -0.1) is 0 Å². The average molecular weight is 273 g/mol. The van der Waals surface area contributed by atoms with E-state index in [2.05, 4.69) is 12.1 Å². The molecule has 1 saturated heterocycles. The number of aliphatic hydroxyl groups excluding tert-OH is 1. The monoisotopic (exact) mass is 273 g/mol. The highest BCUT2D eigenvalue weighted by Gasteiger charge is 2.46. The standard InChI is InChI=1S/C16H19NOS/c17-11-16(15(18)13-7-9-19-10-13)8-3-5-12-4-1-2-6-14(12)16/h1-2,4,6,13,15,18H,3,5,7-10H2. The van der Waals surface area contributed by atoms with Crippen molar-refractivity contribution in [3.05, 3.63) is 35.4 Å². The summed E-state index contributed by atoms with van der Waals surface area (Å²) < 4.78 is 0. The molecule has 1 N–H and O–H groups in total. The molecule has 3 heteroatoms. The van der Waals surface area contributed by atoms with E-state index in [0.29, 0.717) is 0 Å². The first kappa shape index (κ1) is 13.0. The van der Waals surface area contributed by atoms with Crippen LogP contribution in [0.25, 0.3) is 0 Å². The number of nitrogens with zero attached hydrogens (tertiary/aromatic N) is 1. The second-order valence-corrected chi connectivity index (χ2v) is 6.81. The van der Waals surface area contributed by atoms with Gasteiger partial charge in [-0.3, -0.25) is 0 Å². The van der Waals surface area contributed by atoms with Crippen molar-refractivity contribution in [3.8, 4) is 6.07 Å². The van der Waals surface area contributed by atoms with Crippen LogP contribution in [0.15, 0.2) is 24.3 Å². The number of rotatable bonds is 2. The summed E-state index contributed by atoms with van der Waals surface area (Å²) in [6.45, 7) is 0. The van der Waals surface area contributed by atoms with Crippen molar-refractivity contribution < 1.29 is 5.11 Å². The van der Waals surface area contributed by atoms with Crippen molar-refractivity contribution >= 4 is 11.8 Å². The molecular weight excluding hydrogens is 254 g/mol. The van der Waals surface area contributed by atoms with Crippen LogP contribution in [0.3, 0.4) is 0 Å². The second-order valence-electron chi connectivity index (χ2n) is 5.66. The Morgan fingerprint density at radius 1 is 1.42 bits per heavy atom. The number of aryl methyl sites for hydroxylation is 1. The van der Waals surface area contributed by atoms with Gasteiger partial charge in [-0.25, -0.2) is 0 Å². The minimum atomic E-state index is -0.676. The normalized spacial score (nSPS) is 31.5. The van der Waals surface area contributed by atoms with E-state index in [1.54, 1.807) is 0 Å². The first-order valence-electron chi connectivity index (χ1n) is 7.03. The molecule has 3 atom stereocenters. The summed E-state index contributed by atoms with van der Waals surface area (Å²) in [4.78, 5) is 0. The molecule has 0 amide bonds. The summed E-state index contributed by atoms with van der Waals surface area (Å²) in [6, 6.07) is 10.7. The Balaban J connectivity index is 2.02. The molecule has 3 rings (SSSR count). The Bertz CT molecular complexity index is 504. The van der Waals surface area contributed by atoms with Crippen molar-refractivity contribution in [3.63, 3.8) is 0 Å². The van der Waals surface area contributed by atoms with Crippen molar-refractivity contribution in [2.24, 2.45) is 5.92 Å². The SMILES string of the molecule is N#CC1(C(O)C2CCSC2)CCCc2ccccc21. The smallest absolute Gasteiger partial charge is 0.109 e. The molecule has 3 unspecified atom stereocenters. The zero-order chi connectivity index (χ0) is 13.3. The van der Waals surface area contributed by atoms with Gasteiger partial charge in [-0.2, -0.15) is 17.0 Å². The molecule has 100 valence electrons. The molecule has 0 radical (unpaired) electrons. The van der Waals surface area contributed by atoms with E-state index in [-0.39, 0.29) is 5.92 Å². The summed E-state index contributed by atoms with van der Waals surface area (Å²) >= 11 is 1.90. The fraction of sp³-hybridized carbons (Fsp3) is 0.562. The molecule has 2 nitrogen and oxygen atoms in total. The lowest BCUT2D eigenvalue weighted by Crippen LogP contribution is -2.45. The third-order valence-electron chi connectivity index (χ3n) is 4.63. The predicted molar refractivity (Wildman–Crippen MR) is 78.1 cm³/mol. The van der Waals surface area contributed by atoms with Gasteiger partial charge in [-0.05, 0) is 54.2 Å². The zero-order valence-corrected chi connectivity index (χ0v) is 11.8. The Morgan fingerprint density at radius 2 is 2.26 bits per heavy atom. The maximum Gasteiger partial charge on any atom is 0.109 e. The van der Waals surface area contributed by atoms with Crippen molar-refractivity contribution in [2.45, 2.75) is 37.2 Å². The van der Waals surface area contributed by atoms with Gasteiger partial charge in [0.2, 0.25) is 0 Å². The molecule has 19 heavy (non-hydrogen) atoms. The molecule has 0 aromatic heterocycles. The van der Waals surface area contributed by atoms with Gasteiger partial charge in [0, 0.05) is 0 Å². The number of nitriles is 1. The predicted octanol–water partition coefficient (Wildman–Crippen LogP) is 2.90. The molecule has 1 aromatic rings. The molecule has 1 fully saturated rings. The Morgan fingerprint density at radius 3 is 3.00 bits per heavy atom. The minimum absolute atomic E-state index is 0.274. The van der Waals surface area contributed by atoms with Crippen LogP contribution >= 0.6 is 11.8 Å². The molecular formula is C16H19NOS. The van der Waals surface area contributed by atoms with Crippen LogP contribution in [0, 0.1) is 17.2 Å². The van der Waals surface area contributed by atoms with Crippen LogP contribution in [0.1, 0.15) is 30.4 Å². The van der Waals surface area contributed by atoms with Crippen LogP contribution in [-0.2, 0) is 11.8 Å². The summed E-state index contributed by atoms with van der Waals surface area (Å²) in [5.41, 5.74) is 1.65. The van der Waals surface area contributed by atoms with Gasteiger partial charge in [0.25, 0.3) is 0 Å². The fourth-order valence-corrected chi connectivity index (χ4v) is 4.85.